The van der Waals surface area contributed by atoms with E-state index < -0.39 is 6.10 Å². The van der Waals surface area contributed by atoms with Crippen LogP contribution >= 0.6 is 0 Å². The van der Waals surface area contributed by atoms with Gasteiger partial charge in [-0.15, -0.1) is 0 Å². The van der Waals surface area contributed by atoms with Gasteiger partial charge in [0.25, 0.3) is 0 Å². The molecule has 0 heterocycles. The van der Waals surface area contributed by atoms with Crippen molar-refractivity contribution >= 4 is 11.6 Å². The molecule has 4 nitrogen and oxygen atoms in total. The zero-order valence-electron chi connectivity index (χ0n) is 9.53. The molecule has 1 atom stereocenters. The van der Waals surface area contributed by atoms with Crippen LogP contribution in [-0.2, 0) is 4.79 Å². The lowest BCUT2D eigenvalue weighted by Gasteiger charge is -2.07. The van der Waals surface area contributed by atoms with Crippen molar-refractivity contribution in [1.82, 2.24) is 0 Å². The van der Waals surface area contributed by atoms with Gasteiger partial charge in [0.15, 0.2) is 0 Å². The number of anilines is 1. The standard InChI is InChI=1S/C12H17NO3/c1-8-3-5-10(7-11(8)15)13-12(16)6-4-9(2)14/h3,5,7,9,14-15H,4,6H2,1-2H3,(H,13,16). The van der Waals surface area contributed by atoms with Gasteiger partial charge in [-0.05, 0) is 31.9 Å². The Labute approximate surface area is 94.9 Å². The molecule has 0 radical (unpaired) electrons. The minimum Gasteiger partial charge on any atom is -0.508 e. The maximum absolute atomic E-state index is 11.4. The predicted molar refractivity (Wildman–Crippen MR) is 62.4 cm³/mol. The highest BCUT2D eigenvalue weighted by molar-refractivity contribution is 5.90. The summed E-state index contributed by atoms with van der Waals surface area (Å²) in [7, 11) is 0. The third-order valence-electron chi connectivity index (χ3n) is 2.28. The molecule has 1 rings (SSSR count). The fourth-order valence-electron chi connectivity index (χ4n) is 1.25. The van der Waals surface area contributed by atoms with Gasteiger partial charge in [0, 0.05) is 18.2 Å². The summed E-state index contributed by atoms with van der Waals surface area (Å²) in [6.07, 6.45) is 0.230. The molecule has 4 heteroatoms. The van der Waals surface area contributed by atoms with Crippen molar-refractivity contribution in [2.45, 2.75) is 32.8 Å². The zero-order valence-corrected chi connectivity index (χ0v) is 9.53. The highest BCUT2D eigenvalue weighted by Gasteiger charge is 2.05. The Morgan fingerprint density at radius 2 is 2.19 bits per heavy atom. The number of phenolic OH excluding ortho intramolecular Hbond substituents is 1. The number of phenols is 1. The number of amides is 1. The van der Waals surface area contributed by atoms with Crippen molar-refractivity contribution in [3.63, 3.8) is 0 Å². The van der Waals surface area contributed by atoms with Crippen LogP contribution in [-0.4, -0.2) is 22.2 Å². The zero-order chi connectivity index (χ0) is 12.1. The molecule has 16 heavy (non-hydrogen) atoms. The Hall–Kier alpha value is -1.55. The molecule has 3 N–H and O–H groups in total. The van der Waals surface area contributed by atoms with Gasteiger partial charge in [-0.1, -0.05) is 6.07 Å². The van der Waals surface area contributed by atoms with Crippen LogP contribution in [0.15, 0.2) is 18.2 Å². The second-order valence-corrected chi connectivity index (χ2v) is 3.94. The fraction of sp³-hybridized carbons (Fsp3) is 0.417. The van der Waals surface area contributed by atoms with Gasteiger partial charge in [-0.3, -0.25) is 4.79 Å². The summed E-state index contributed by atoms with van der Waals surface area (Å²) in [6, 6.07) is 4.98. The molecule has 0 aliphatic rings. The minimum absolute atomic E-state index is 0.160. The Bertz CT molecular complexity index is 375. The molecule has 0 aromatic heterocycles. The minimum atomic E-state index is -0.475. The van der Waals surface area contributed by atoms with E-state index in [9.17, 15) is 9.90 Å². The molecule has 1 aromatic rings. The second-order valence-electron chi connectivity index (χ2n) is 3.94. The van der Waals surface area contributed by atoms with Crippen LogP contribution < -0.4 is 5.32 Å². The molecule has 0 spiro atoms. The lowest BCUT2D eigenvalue weighted by Crippen LogP contribution is -2.13. The fourth-order valence-corrected chi connectivity index (χ4v) is 1.25. The molecule has 88 valence electrons. The number of aliphatic hydroxyl groups is 1. The van der Waals surface area contributed by atoms with Crippen molar-refractivity contribution in [3.05, 3.63) is 23.8 Å². The van der Waals surface area contributed by atoms with Crippen molar-refractivity contribution in [3.8, 4) is 5.75 Å². The van der Waals surface area contributed by atoms with Gasteiger partial charge in [0.2, 0.25) is 5.91 Å². The molecule has 0 saturated carbocycles. The number of carbonyl (C=O) groups excluding carboxylic acids is 1. The summed E-state index contributed by atoms with van der Waals surface area (Å²) in [5.41, 5.74) is 1.33. The molecule has 0 aliphatic heterocycles. The molecule has 0 fully saturated rings. The SMILES string of the molecule is Cc1ccc(NC(=O)CCC(C)O)cc1O. The van der Waals surface area contributed by atoms with Crippen molar-refractivity contribution in [1.29, 1.82) is 0 Å². The Morgan fingerprint density at radius 3 is 2.75 bits per heavy atom. The van der Waals surface area contributed by atoms with Crippen molar-refractivity contribution in [2.24, 2.45) is 0 Å². The quantitative estimate of drug-likeness (QED) is 0.729. The Morgan fingerprint density at radius 1 is 1.50 bits per heavy atom. The van der Waals surface area contributed by atoms with Crippen LogP contribution in [0.25, 0.3) is 0 Å². The van der Waals surface area contributed by atoms with Gasteiger partial charge in [-0.25, -0.2) is 0 Å². The third-order valence-corrected chi connectivity index (χ3v) is 2.28. The van der Waals surface area contributed by atoms with E-state index in [-0.39, 0.29) is 18.1 Å². The first-order valence-electron chi connectivity index (χ1n) is 5.26. The monoisotopic (exact) mass is 223 g/mol. The average molecular weight is 223 g/mol. The van der Waals surface area contributed by atoms with E-state index in [2.05, 4.69) is 5.32 Å². The van der Waals surface area contributed by atoms with E-state index in [4.69, 9.17) is 5.11 Å². The summed E-state index contributed by atoms with van der Waals surface area (Å²) in [6.45, 7) is 3.43. The maximum atomic E-state index is 11.4. The first-order chi connectivity index (χ1) is 7.49. The van der Waals surface area contributed by atoms with Gasteiger partial charge < -0.3 is 15.5 Å². The first-order valence-corrected chi connectivity index (χ1v) is 5.26. The molecular weight excluding hydrogens is 206 g/mol. The molecule has 0 bridgehead atoms. The Kier molecular flexibility index (Phi) is 4.31. The Balaban J connectivity index is 2.53. The van der Waals surface area contributed by atoms with Gasteiger partial charge >= 0.3 is 0 Å². The van der Waals surface area contributed by atoms with Gasteiger partial charge in [-0.2, -0.15) is 0 Å². The van der Waals surface area contributed by atoms with Gasteiger partial charge in [0.1, 0.15) is 5.75 Å². The highest BCUT2D eigenvalue weighted by Crippen LogP contribution is 2.20. The van der Waals surface area contributed by atoms with E-state index in [1.54, 1.807) is 26.0 Å². The number of rotatable bonds is 4. The van der Waals surface area contributed by atoms with Crippen LogP contribution in [0, 0.1) is 6.92 Å². The largest absolute Gasteiger partial charge is 0.508 e. The van der Waals surface area contributed by atoms with Gasteiger partial charge in [0.05, 0.1) is 6.10 Å². The van der Waals surface area contributed by atoms with Crippen LogP contribution in [0.3, 0.4) is 0 Å². The summed E-state index contributed by atoms with van der Waals surface area (Å²) in [5.74, 6) is -0.00233. The lowest BCUT2D eigenvalue weighted by molar-refractivity contribution is -0.116. The van der Waals surface area contributed by atoms with E-state index in [1.807, 2.05) is 0 Å². The van der Waals surface area contributed by atoms with Crippen LogP contribution in [0.2, 0.25) is 0 Å². The molecule has 0 aliphatic carbocycles. The molecule has 0 saturated heterocycles. The third kappa shape index (κ3) is 3.90. The number of aryl methyl sites for hydroxylation is 1. The number of aromatic hydroxyl groups is 1. The summed E-state index contributed by atoms with van der Waals surface area (Å²) >= 11 is 0. The van der Waals surface area contributed by atoms with Crippen molar-refractivity contribution in [2.75, 3.05) is 5.32 Å². The molecule has 1 unspecified atom stereocenters. The van der Waals surface area contributed by atoms with Crippen molar-refractivity contribution < 1.29 is 15.0 Å². The number of benzene rings is 1. The first kappa shape index (κ1) is 12.5. The molecular formula is C12H17NO3. The topological polar surface area (TPSA) is 69.6 Å². The summed E-state index contributed by atoms with van der Waals surface area (Å²) < 4.78 is 0. The smallest absolute Gasteiger partial charge is 0.224 e. The van der Waals surface area contributed by atoms with E-state index in [0.29, 0.717) is 12.1 Å². The average Bonchev–Trinajstić information content (AvgIpc) is 2.21. The molecule has 1 aromatic carbocycles. The number of nitrogens with one attached hydrogen (secondary N) is 1. The highest BCUT2D eigenvalue weighted by atomic mass is 16.3. The van der Waals surface area contributed by atoms with E-state index in [1.165, 1.54) is 6.07 Å². The maximum Gasteiger partial charge on any atom is 0.224 e. The normalized spacial score (nSPS) is 12.2. The van der Waals surface area contributed by atoms with Crippen LogP contribution in [0.5, 0.6) is 5.75 Å². The summed E-state index contributed by atoms with van der Waals surface area (Å²) in [5, 5.41) is 21.1. The predicted octanol–water partition coefficient (Wildman–Crippen LogP) is 1.80. The van der Waals surface area contributed by atoms with E-state index in [0.717, 1.165) is 5.56 Å². The summed E-state index contributed by atoms with van der Waals surface area (Å²) in [4.78, 5) is 11.4. The lowest BCUT2D eigenvalue weighted by atomic mass is 10.2. The second kappa shape index (κ2) is 5.51. The number of carbonyl (C=O) groups is 1. The van der Waals surface area contributed by atoms with E-state index >= 15 is 0 Å². The molecule has 1 amide bonds. The van der Waals surface area contributed by atoms with Crippen LogP contribution in [0.4, 0.5) is 5.69 Å². The number of aliphatic hydroxyl groups excluding tert-OH is 1. The van der Waals surface area contributed by atoms with Crippen LogP contribution in [0.1, 0.15) is 25.3 Å². The number of hydrogen-bond acceptors (Lipinski definition) is 3. The number of hydrogen-bond donors (Lipinski definition) is 3.